The van der Waals surface area contributed by atoms with Crippen LogP contribution in [-0.2, 0) is 13.1 Å². The first kappa shape index (κ1) is 11.7. The molecule has 0 aliphatic heterocycles. The van der Waals surface area contributed by atoms with E-state index in [1.807, 2.05) is 7.05 Å². The molecular formula is C12H13F2N3. The van der Waals surface area contributed by atoms with Crippen molar-refractivity contribution in [3.63, 3.8) is 0 Å². The van der Waals surface area contributed by atoms with Crippen LogP contribution in [0.15, 0.2) is 30.6 Å². The zero-order valence-electron chi connectivity index (χ0n) is 9.45. The summed E-state index contributed by atoms with van der Waals surface area (Å²) < 4.78 is 28.0. The molecule has 0 radical (unpaired) electrons. The normalized spacial score (nSPS) is 10.8. The molecule has 0 saturated heterocycles. The van der Waals surface area contributed by atoms with Crippen molar-refractivity contribution < 1.29 is 8.78 Å². The summed E-state index contributed by atoms with van der Waals surface area (Å²) in [6, 6.07) is 4.15. The van der Waals surface area contributed by atoms with Gasteiger partial charge in [0.2, 0.25) is 0 Å². The Labute approximate surface area is 98.1 Å². The minimum atomic E-state index is -0.829. The second-order valence-electron chi connectivity index (χ2n) is 3.79. The average Bonchev–Trinajstić information content (AvgIpc) is 2.73. The van der Waals surface area contributed by atoms with Crippen molar-refractivity contribution in [2.45, 2.75) is 13.1 Å². The van der Waals surface area contributed by atoms with Gasteiger partial charge < -0.3 is 5.32 Å². The highest BCUT2D eigenvalue weighted by atomic mass is 19.2. The quantitative estimate of drug-likeness (QED) is 0.880. The smallest absolute Gasteiger partial charge is 0.163 e. The molecule has 1 N–H and O–H groups in total. The summed E-state index contributed by atoms with van der Waals surface area (Å²) in [5.74, 6) is -1.64. The number of hydrogen-bond acceptors (Lipinski definition) is 2. The SMILES string of the molecule is CNCc1cnn(Cc2cccc(F)c2F)c1. The molecule has 0 atom stereocenters. The largest absolute Gasteiger partial charge is 0.316 e. The van der Waals surface area contributed by atoms with E-state index in [1.54, 1.807) is 23.1 Å². The van der Waals surface area contributed by atoms with Crippen LogP contribution in [0, 0.1) is 11.6 Å². The first-order valence-corrected chi connectivity index (χ1v) is 5.29. The van der Waals surface area contributed by atoms with Crippen molar-refractivity contribution in [3.8, 4) is 0 Å². The number of hydrogen-bond donors (Lipinski definition) is 1. The van der Waals surface area contributed by atoms with Gasteiger partial charge in [-0.2, -0.15) is 5.10 Å². The van der Waals surface area contributed by atoms with Gasteiger partial charge in [-0.25, -0.2) is 8.78 Å². The lowest BCUT2D eigenvalue weighted by Crippen LogP contribution is -2.05. The van der Waals surface area contributed by atoms with Gasteiger partial charge in [-0.15, -0.1) is 0 Å². The van der Waals surface area contributed by atoms with E-state index in [0.29, 0.717) is 12.1 Å². The third-order valence-corrected chi connectivity index (χ3v) is 2.43. The molecule has 0 fully saturated rings. The van der Waals surface area contributed by atoms with Gasteiger partial charge in [0, 0.05) is 23.9 Å². The molecule has 1 aromatic carbocycles. The maximum atomic E-state index is 13.4. The van der Waals surface area contributed by atoms with E-state index < -0.39 is 11.6 Å². The minimum Gasteiger partial charge on any atom is -0.316 e. The Morgan fingerprint density at radius 1 is 1.35 bits per heavy atom. The van der Waals surface area contributed by atoms with Crippen LogP contribution in [0.5, 0.6) is 0 Å². The molecule has 3 nitrogen and oxygen atoms in total. The molecule has 0 aliphatic carbocycles. The van der Waals surface area contributed by atoms with E-state index in [-0.39, 0.29) is 6.54 Å². The molecular weight excluding hydrogens is 224 g/mol. The fraction of sp³-hybridized carbons (Fsp3) is 0.250. The summed E-state index contributed by atoms with van der Waals surface area (Å²) in [6.45, 7) is 0.930. The fourth-order valence-electron chi connectivity index (χ4n) is 1.63. The van der Waals surface area contributed by atoms with Crippen molar-refractivity contribution in [1.29, 1.82) is 0 Å². The van der Waals surface area contributed by atoms with Gasteiger partial charge in [0.05, 0.1) is 12.7 Å². The molecule has 0 aliphatic rings. The number of aromatic nitrogens is 2. The van der Waals surface area contributed by atoms with Gasteiger partial charge in [0.25, 0.3) is 0 Å². The summed E-state index contributed by atoms with van der Waals surface area (Å²) in [5, 5.41) is 7.08. The standard InChI is InChI=1S/C12H13F2N3/c1-15-5-9-6-16-17(7-9)8-10-3-2-4-11(13)12(10)14/h2-4,6-7,15H,5,8H2,1H3. The van der Waals surface area contributed by atoms with Crippen LogP contribution in [0.3, 0.4) is 0 Å². The molecule has 0 amide bonds. The monoisotopic (exact) mass is 237 g/mol. The lowest BCUT2D eigenvalue weighted by molar-refractivity contribution is 0.492. The zero-order valence-corrected chi connectivity index (χ0v) is 9.45. The van der Waals surface area contributed by atoms with Gasteiger partial charge in [-0.05, 0) is 13.1 Å². The average molecular weight is 237 g/mol. The van der Waals surface area contributed by atoms with Crippen LogP contribution in [-0.4, -0.2) is 16.8 Å². The molecule has 0 bridgehead atoms. The zero-order chi connectivity index (χ0) is 12.3. The van der Waals surface area contributed by atoms with Crippen LogP contribution in [0.25, 0.3) is 0 Å². The third-order valence-electron chi connectivity index (χ3n) is 2.43. The minimum absolute atomic E-state index is 0.229. The topological polar surface area (TPSA) is 29.9 Å². The summed E-state index contributed by atoms with van der Waals surface area (Å²) >= 11 is 0. The van der Waals surface area contributed by atoms with E-state index in [2.05, 4.69) is 10.4 Å². The second kappa shape index (κ2) is 5.05. The first-order chi connectivity index (χ1) is 8.20. The Balaban J connectivity index is 2.16. The van der Waals surface area contributed by atoms with Crippen molar-refractivity contribution in [2.24, 2.45) is 0 Å². The van der Waals surface area contributed by atoms with E-state index in [1.165, 1.54) is 6.07 Å². The molecule has 17 heavy (non-hydrogen) atoms. The molecule has 0 unspecified atom stereocenters. The number of nitrogens with zero attached hydrogens (tertiary/aromatic N) is 2. The van der Waals surface area contributed by atoms with Crippen molar-refractivity contribution in [2.75, 3.05) is 7.05 Å². The van der Waals surface area contributed by atoms with Crippen LogP contribution in [0.2, 0.25) is 0 Å². The molecule has 1 heterocycles. The molecule has 5 heteroatoms. The lowest BCUT2D eigenvalue weighted by atomic mass is 10.2. The van der Waals surface area contributed by atoms with Gasteiger partial charge in [0.15, 0.2) is 11.6 Å². The van der Waals surface area contributed by atoms with Crippen molar-refractivity contribution in [1.82, 2.24) is 15.1 Å². The molecule has 0 spiro atoms. The van der Waals surface area contributed by atoms with E-state index in [0.717, 1.165) is 11.6 Å². The molecule has 2 rings (SSSR count). The van der Waals surface area contributed by atoms with E-state index in [4.69, 9.17) is 0 Å². The predicted octanol–water partition coefficient (Wildman–Crippen LogP) is 1.93. The third kappa shape index (κ3) is 2.68. The summed E-state index contributed by atoms with van der Waals surface area (Å²) in [6.07, 6.45) is 3.51. The maximum Gasteiger partial charge on any atom is 0.163 e. The van der Waals surface area contributed by atoms with Gasteiger partial charge in [-0.1, -0.05) is 12.1 Å². The molecule has 2 aromatic rings. The van der Waals surface area contributed by atoms with Crippen LogP contribution in [0.1, 0.15) is 11.1 Å². The number of rotatable bonds is 4. The van der Waals surface area contributed by atoms with Crippen molar-refractivity contribution >= 4 is 0 Å². The van der Waals surface area contributed by atoms with Gasteiger partial charge in [-0.3, -0.25) is 4.68 Å². The highest BCUT2D eigenvalue weighted by Crippen LogP contribution is 2.12. The fourth-order valence-corrected chi connectivity index (χ4v) is 1.63. The lowest BCUT2D eigenvalue weighted by Gasteiger charge is -2.03. The molecule has 0 saturated carbocycles. The second-order valence-corrected chi connectivity index (χ2v) is 3.79. The summed E-state index contributed by atoms with van der Waals surface area (Å²) in [4.78, 5) is 0. The van der Waals surface area contributed by atoms with E-state index in [9.17, 15) is 8.78 Å². The highest BCUT2D eigenvalue weighted by Gasteiger charge is 2.08. The van der Waals surface area contributed by atoms with Crippen LogP contribution >= 0.6 is 0 Å². The van der Waals surface area contributed by atoms with Gasteiger partial charge in [0.1, 0.15) is 0 Å². The predicted molar refractivity (Wildman–Crippen MR) is 60.5 cm³/mol. The first-order valence-electron chi connectivity index (χ1n) is 5.29. The number of halogens is 2. The van der Waals surface area contributed by atoms with Crippen molar-refractivity contribution in [3.05, 3.63) is 53.4 Å². The van der Waals surface area contributed by atoms with E-state index >= 15 is 0 Å². The highest BCUT2D eigenvalue weighted by molar-refractivity contribution is 5.19. The Kier molecular flexibility index (Phi) is 3.49. The summed E-state index contributed by atoms with van der Waals surface area (Å²) in [5.41, 5.74) is 1.30. The number of nitrogens with one attached hydrogen (secondary N) is 1. The Hall–Kier alpha value is -1.75. The number of benzene rings is 1. The summed E-state index contributed by atoms with van der Waals surface area (Å²) in [7, 11) is 1.84. The molecule has 90 valence electrons. The Morgan fingerprint density at radius 3 is 2.94 bits per heavy atom. The maximum absolute atomic E-state index is 13.4. The van der Waals surface area contributed by atoms with Crippen LogP contribution < -0.4 is 5.32 Å². The van der Waals surface area contributed by atoms with Crippen LogP contribution in [0.4, 0.5) is 8.78 Å². The van der Waals surface area contributed by atoms with Gasteiger partial charge >= 0.3 is 0 Å². The molecule has 1 aromatic heterocycles. The Morgan fingerprint density at radius 2 is 2.18 bits per heavy atom. The Bertz CT molecular complexity index is 508.